The summed E-state index contributed by atoms with van der Waals surface area (Å²) in [5, 5.41) is 8.83. The molecule has 0 bridgehead atoms. The van der Waals surface area contributed by atoms with Crippen molar-refractivity contribution in [3.05, 3.63) is 24.0 Å². The van der Waals surface area contributed by atoms with Gasteiger partial charge in [-0.05, 0) is 25.0 Å². The number of ether oxygens (including phenoxy) is 1. The highest BCUT2D eigenvalue weighted by Crippen LogP contribution is 2.28. The Morgan fingerprint density at radius 2 is 2.00 bits per heavy atom. The van der Waals surface area contributed by atoms with Crippen LogP contribution >= 0.6 is 0 Å². The fourth-order valence-electron chi connectivity index (χ4n) is 2.19. The quantitative estimate of drug-likeness (QED) is 0.909. The average molecular weight is 290 g/mol. The zero-order valence-corrected chi connectivity index (χ0v) is 10.4. The van der Waals surface area contributed by atoms with Gasteiger partial charge < -0.3 is 14.7 Å². The van der Waals surface area contributed by atoms with Crippen LogP contribution in [0.3, 0.4) is 0 Å². The number of halogens is 3. The number of nitrogens with zero attached hydrogens (tertiary/aromatic N) is 2. The summed E-state index contributed by atoms with van der Waals surface area (Å²) in [6, 6.07) is 2.71. The van der Waals surface area contributed by atoms with Gasteiger partial charge in [-0.2, -0.15) is 0 Å². The van der Waals surface area contributed by atoms with E-state index in [0.717, 1.165) is 6.20 Å². The number of rotatable bonds is 2. The van der Waals surface area contributed by atoms with Crippen molar-refractivity contribution in [2.24, 2.45) is 0 Å². The maximum atomic E-state index is 12.0. The molecule has 110 valence electrons. The van der Waals surface area contributed by atoms with E-state index in [9.17, 15) is 18.0 Å². The van der Waals surface area contributed by atoms with Crippen LogP contribution in [-0.4, -0.2) is 40.5 Å². The Kier molecular flexibility index (Phi) is 4.01. The standard InChI is InChI=1S/C12H13F3N2O3/c13-12(14,15)20-9-1-2-10(16-7-9)8-3-5-17(6-4-8)11(18)19/h1-2,7-8H,3-6H2,(H,18,19). The second kappa shape index (κ2) is 5.56. The number of hydrogen-bond donors (Lipinski definition) is 1. The van der Waals surface area contributed by atoms with Gasteiger partial charge in [-0.1, -0.05) is 0 Å². The molecule has 20 heavy (non-hydrogen) atoms. The van der Waals surface area contributed by atoms with Crippen molar-refractivity contribution in [2.75, 3.05) is 13.1 Å². The molecule has 2 rings (SSSR count). The van der Waals surface area contributed by atoms with Crippen LogP contribution in [0.15, 0.2) is 18.3 Å². The number of pyridine rings is 1. The topological polar surface area (TPSA) is 62.7 Å². The molecule has 5 nitrogen and oxygen atoms in total. The van der Waals surface area contributed by atoms with Crippen LogP contribution in [0.2, 0.25) is 0 Å². The maximum Gasteiger partial charge on any atom is 0.573 e. The molecule has 1 fully saturated rings. The van der Waals surface area contributed by atoms with Gasteiger partial charge in [0.2, 0.25) is 0 Å². The minimum absolute atomic E-state index is 0.0607. The molecular formula is C12H13F3N2O3. The minimum Gasteiger partial charge on any atom is -0.465 e. The predicted octanol–water partition coefficient (Wildman–Crippen LogP) is 2.84. The van der Waals surface area contributed by atoms with Crippen LogP contribution in [0.1, 0.15) is 24.5 Å². The highest BCUT2D eigenvalue weighted by atomic mass is 19.4. The van der Waals surface area contributed by atoms with Crippen molar-refractivity contribution < 1.29 is 27.8 Å². The van der Waals surface area contributed by atoms with Gasteiger partial charge in [-0.15, -0.1) is 13.2 Å². The maximum absolute atomic E-state index is 12.0. The van der Waals surface area contributed by atoms with Crippen molar-refractivity contribution >= 4 is 6.09 Å². The third kappa shape index (κ3) is 3.75. The van der Waals surface area contributed by atoms with E-state index in [0.29, 0.717) is 31.6 Å². The SMILES string of the molecule is O=C(O)N1CCC(c2ccc(OC(F)(F)F)cn2)CC1. The summed E-state index contributed by atoms with van der Waals surface area (Å²) in [5.41, 5.74) is 0.657. The summed E-state index contributed by atoms with van der Waals surface area (Å²) in [7, 11) is 0. The number of aromatic nitrogens is 1. The highest BCUT2D eigenvalue weighted by molar-refractivity contribution is 5.65. The first-order chi connectivity index (χ1) is 9.35. The summed E-state index contributed by atoms with van der Waals surface area (Å²) in [5.74, 6) is -0.297. The Morgan fingerprint density at radius 1 is 1.35 bits per heavy atom. The monoisotopic (exact) mass is 290 g/mol. The van der Waals surface area contributed by atoms with Crippen molar-refractivity contribution in [3.63, 3.8) is 0 Å². The van der Waals surface area contributed by atoms with Gasteiger partial charge >= 0.3 is 12.5 Å². The van der Waals surface area contributed by atoms with Crippen LogP contribution in [0, 0.1) is 0 Å². The summed E-state index contributed by atoms with van der Waals surface area (Å²) in [4.78, 5) is 16.0. The number of likely N-dealkylation sites (tertiary alicyclic amines) is 1. The molecule has 2 heterocycles. The molecule has 0 atom stereocenters. The normalized spacial score (nSPS) is 17.1. The van der Waals surface area contributed by atoms with E-state index < -0.39 is 12.5 Å². The van der Waals surface area contributed by atoms with Crippen LogP contribution in [0.4, 0.5) is 18.0 Å². The fraction of sp³-hybridized carbons (Fsp3) is 0.500. The van der Waals surface area contributed by atoms with E-state index in [1.807, 2.05) is 0 Å². The molecule has 1 aliphatic rings. The molecule has 0 aromatic carbocycles. The number of carboxylic acid groups (broad SMARTS) is 1. The average Bonchev–Trinajstić information content (AvgIpc) is 2.38. The Morgan fingerprint density at radius 3 is 2.45 bits per heavy atom. The van der Waals surface area contributed by atoms with Crippen molar-refractivity contribution in [3.8, 4) is 5.75 Å². The van der Waals surface area contributed by atoms with Gasteiger partial charge in [0, 0.05) is 24.7 Å². The molecule has 0 unspecified atom stereocenters. The molecule has 0 aliphatic carbocycles. The van der Waals surface area contributed by atoms with E-state index >= 15 is 0 Å². The zero-order valence-electron chi connectivity index (χ0n) is 10.4. The molecule has 1 aromatic rings. The number of alkyl halides is 3. The Bertz CT molecular complexity index is 468. The molecule has 1 aromatic heterocycles. The predicted molar refractivity (Wildman–Crippen MR) is 62.5 cm³/mol. The zero-order chi connectivity index (χ0) is 14.8. The molecule has 1 amide bonds. The van der Waals surface area contributed by atoms with Crippen molar-refractivity contribution in [1.82, 2.24) is 9.88 Å². The number of piperidine rings is 1. The van der Waals surface area contributed by atoms with E-state index in [4.69, 9.17) is 5.11 Å². The van der Waals surface area contributed by atoms with Crippen LogP contribution in [0.25, 0.3) is 0 Å². The van der Waals surface area contributed by atoms with E-state index in [-0.39, 0.29) is 11.7 Å². The van der Waals surface area contributed by atoms with Crippen LogP contribution in [0.5, 0.6) is 5.75 Å². The largest absolute Gasteiger partial charge is 0.573 e. The molecule has 8 heteroatoms. The van der Waals surface area contributed by atoms with Crippen LogP contribution in [-0.2, 0) is 0 Å². The Balaban J connectivity index is 1.96. The fourth-order valence-corrected chi connectivity index (χ4v) is 2.19. The summed E-state index contributed by atoms with van der Waals surface area (Å²) in [6.07, 6.45) is -3.43. The third-order valence-corrected chi connectivity index (χ3v) is 3.18. The van der Waals surface area contributed by atoms with Gasteiger partial charge in [-0.3, -0.25) is 4.98 Å². The molecular weight excluding hydrogens is 277 g/mol. The first kappa shape index (κ1) is 14.4. The van der Waals surface area contributed by atoms with Gasteiger partial charge in [0.15, 0.2) is 0 Å². The number of amides is 1. The lowest BCUT2D eigenvalue weighted by Gasteiger charge is -2.29. The highest BCUT2D eigenvalue weighted by Gasteiger charge is 2.31. The van der Waals surface area contributed by atoms with E-state index in [1.54, 1.807) is 0 Å². The van der Waals surface area contributed by atoms with Gasteiger partial charge in [0.1, 0.15) is 5.75 Å². The second-order valence-electron chi connectivity index (χ2n) is 4.51. The van der Waals surface area contributed by atoms with Gasteiger partial charge in [0.05, 0.1) is 6.20 Å². The lowest BCUT2D eigenvalue weighted by Crippen LogP contribution is -2.36. The molecule has 1 N–H and O–H groups in total. The second-order valence-corrected chi connectivity index (χ2v) is 4.51. The van der Waals surface area contributed by atoms with Gasteiger partial charge in [-0.25, -0.2) is 4.79 Å². The number of hydrogen-bond acceptors (Lipinski definition) is 3. The lowest BCUT2D eigenvalue weighted by molar-refractivity contribution is -0.274. The molecule has 1 saturated heterocycles. The first-order valence-electron chi connectivity index (χ1n) is 6.05. The third-order valence-electron chi connectivity index (χ3n) is 3.18. The Labute approximate surface area is 113 Å². The smallest absolute Gasteiger partial charge is 0.465 e. The Hall–Kier alpha value is -1.99. The molecule has 0 saturated carbocycles. The van der Waals surface area contributed by atoms with Crippen LogP contribution < -0.4 is 4.74 Å². The van der Waals surface area contributed by atoms with E-state index in [2.05, 4.69) is 9.72 Å². The first-order valence-corrected chi connectivity index (χ1v) is 6.05. The molecule has 0 spiro atoms. The summed E-state index contributed by atoms with van der Waals surface area (Å²) in [6.45, 7) is 0.810. The van der Waals surface area contributed by atoms with Crippen molar-refractivity contribution in [2.45, 2.75) is 25.1 Å². The van der Waals surface area contributed by atoms with E-state index in [1.165, 1.54) is 17.0 Å². The van der Waals surface area contributed by atoms with Gasteiger partial charge in [0.25, 0.3) is 0 Å². The summed E-state index contributed by atoms with van der Waals surface area (Å²) >= 11 is 0. The molecule has 1 aliphatic heterocycles. The van der Waals surface area contributed by atoms with Crippen molar-refractivity contribution in [1.29, 1.82) is 0 Å². The number of carbonyl (C=O) groups is 1. The minimum atomic E-state index is -4.73. The lowest BCUT2D eigenvalue weighted by atomic mass is 9.93. The summed E-state index contributed by atoms with van der Waals surface area (Å²) < 4.78 is 39.8. The molecule has 0 radical (unpaired) electrons.